The molecule has 0 fully saturated rings. The monoisotopic (exact) mass is 372 g/mol. The molecule has 0 aliphatic carbocycles. The van der Waals surface area contributed by atoms with Gasteiger partial charge in [0.15, 0.2) is 9.84 Å². The number of rotatable bonds is 4. The van der Waals surface area contributed by atoms with Crippen LogP contribution in [0.15, 0.2) is 51.8 Å². The first-order chi connectivity index (χ1) is 9.81. The summed E-state index contributed by atoms with van der Waals surface area (Å²) in [5.41, 5.74) is 0.0853. The summed E-state index contributed by atoms with van der Waals surface area (Å²) in [4.78, 5) is 10.8. The molecule has 110 valence electrons. The highest BCUT2D eigenvalue weighted by Crippen LogP contribution is 2.23. The van der Waals surface area contributed by atoms with Crippen molar-refractivity contribution in [3.8, 4) is 0 Å². The zero-order chi connectivity index (χ0) is 15.6. The molecule has 21 heavy (non-hydrogen) atoms. The Kier molecular flexibility index (Phi) is 4.43. The van der Waals surface area contributed by atoms with Crippen LogP contribution in [0.1, 0.15) is 15.9 Å². The molecule has 0 saturated carbocycles. The molecule has 0 bridgehead atoms. The lowest BCUT2D eigenvalue weighted by molar-refractivity contribution is 0.0692. The number of aromatic carboxylic acids is 1. The van der Waals surface area contributed by atoms with Gasteiger partial charge in [-0.25, -0.2) is 17.6 Å². The van der Waals surface area contributed by atoms with Gasteiger partial charge in [-0.05, 0) is 45.8 Å². The molecule has 0 heterocycles. The van der Waals surface area contributed by atoms with E-state index in [4.69, 9.17) is 5.11 Å². The molecule has 0 saturated heterocycles. The quantitative estimate of drug-likeness (QED) is 0.893. The molecule has 2 aromatic carbocycles. The van der Waals surface area contributed by atoms with E-state index in [0.717, 1.165) is 6.07 Å². The lowest BCUT2D eigenvalue weighted by Crippen LogP contribution is -2.11. The molecule has 4 nitrogen and oxygen atoms in total. The van der Waals surface area contributed by atoms with Crippen molar-refractivity contribution in [3.05, 3.63) is 63.9 Å². The number of carbonyl (C=O) groups is 1. The third-order valence-electron chi connectivity index (χ3n) is 2.79. The minimum atomic E-state index is -3.84. The van der Waals surface area contributed by atoms with Crippen molar-refractivity contribution in [3.63, 3.8) is 0 Å². The fourth-order valence-corrected chi connectivity index (χ4v) is 3.82. The van der Waals surface area contributed by atoms with Crippen molar-refractivity contribution >= 4 is 31.7 Å². The second-order valence-electron chi connectivity index (χ2n) is 4.31. The van der Waals surface area contributed by atoms with E-state index in [1.165, 1.54) is 36.4 Å². The molecular formula is C14H10BrFO4S. The number of carboxylic acids is 1. The highest BCUT2D eigenvalue weighted by molar-refractivity contribution is 9.10. The topological polar surface area (TPSA) is 71.4 Å². The number of hydrogen-bond acceptors (Lipinski definition) is 3. The van der Waals surface area contributed by atoms with Gasteiger partial charge in [-0.2, -0.15) is 0 Å². The van der Waals surface area contributed by atoms with Crippen LogP contribution in [0.5, 0.6) is 0 Å². The highest BCUT2D eigenvalue weighted by Gasteiger charge is 2.22. The maximum Gasteiger partial charge on any atom is 0.337 e. The van der Waals surface area contributed by atoms with Crippen molar-refractivity contribution in [1.82, 2.24) is 0 Å². The minimum absolute atomic E-state index is 0.154. The summed E-state index contributed by atoms with van der Waals surface area (Å²) < 4.78 is 38.0. The third kappa shape index (κ3) is 3.48. The van der Waals surface area contributed by atoms with Crippen LogP contribution in [0.25, 0.3) is 0 Å². The fourth-order valence-electron chi connectivity index (χ4n) is 1.84. The molecule has 0 aliphatic rings. The molecule has 0 aliphatic heterocycles. The van der Waals surface area contributed by atoms with Gasteiger partial charge in [0.2, 0.25) is 0 Å². The number of carboxylic acid groups (broad SMARTS) is 1. The van der Waals surface area contributed by atoms with E-state index in [-0.39, 0.29) is 14.9 Å². The SMILES string of the molecule is O=C(O)c1ccccc1S(=O)(=O)Cc1ccc(F)c(Br)c1. The summed E-state index contributed by atoms with van der Waals surface area (Å²) >= 11 is 2.98. The van der Waals surface area contributed by atoms with Crippen molar-refractivity contribution in [2.75, 3.05) is 0 Å². The second kappa shape index (κ2) is 5.95. The molecule has 0 spiro atoms. The zero-order valence-corrected chi connectivity index (χ0v) is 13.0. The van der Waals surface area contributed by atoms with Gasteiger partial charge in [0.1, 0.15) is 5.82 Å². The summed E-state index contributed by atoms with van der Waals surface area (Å²) in [5.74, 6) is -2.22. The van der Waals surface area contributed by atoms with Gasteiger partial charge in [-0.1, -0.05) is 18.2 Å². The summed E-state index contributed by atoms with van der Waals surface area (Å²) in [6.07, 6.45) is 0. The number of sulfone groups is 1. The molecular weight excluding hydrogens is 363 g/mol. The summed E-state index contributed by atoms with van der Waals surface area (Å²) in [5, 5.41) is 9.05. The van der Waals surface area contributed by atoms with E-state index >= 15 is 0 Å². The van der Waals surface area contributed by atoms with Gasteiger partial charge in [0, 0.05) is 0 Å². The molecule has 0 aromatic heterocycles. The number of hydrogen-bond donors (Lipinski definition) is 1. The Morgan fingerprint density at radius 3 is 2.48 bits per heavy atom. The Bertz CT molecular complexity index is 802. The van der Waals surface area contributed by atoms with Crippen LogP contribution < -0.4 is 0 Å². The maximum atomic E-state index is 13.2. The van der Waals surface area contributed by atoms with Crippen LogP contribution >= 0.6 is 15.9 Å². The van der Waals surface area contributed by atoms with E-state index in [2.05, 4.69) is 15.9 Å². The average molecular weight is 373 g/mol. The van der Waals surface area contributed by atoms with Crippen molar-refractivity contribution in [1.29, 1.82) is 0 Å². The van der Waals surface area contributed by atoms with Crippen LogP contribution in [-0.2, 0) is 15.6 Å². The summed E-state index contributed by atoms with van der Waals surface area (Å²) in [7, 11) is -3.84. The van der Waals surface area contributed by atoms with E-state index in [1.54, 1.807) is 0 Å². The van der Waals surface area contributed by atoms with E-state index in [0.29, 0.717) is 5.56 Å². The van der Waals surface area contributed by atoms with Gasteiger partial charge < -0.3 is 5.11 Å². The largest absolute Gasteiger partial charge is 0.478 e. The lowest BCUT2D eigenvalue weighted by Gasteiger charge is -2.08. The predicted octanol–water partition coefficient (Wildman–Crippen LogP) is 3.26. The van der Waals surface area contributed by atoms with E-state index in [1.807, 2.05) is 0 Å². The Labute approximate surface area is 129 Å². The van der Waals surface area contributed by atoms with E-state index in [9.17, 15) is 17.6 Å². The first-order valence-electron chi connectivity index (χ1n) is 5.80. The smallest absolute Gasteiger partial charge is 0.337 e. The summed E-state index contributed by atoms with van der Waals surface area (Å²) in [6.45, 7) is 0. The average Bonchev–Trinajstić information content (AvgIpc) is 2.42. The summed E-state index contributed by atoms with van der Waals surface area (Å²) in [6, 6.07) is 9.25. The Balaban J connectivity index is 2.43. The number of benzene rings is 2. The number of halogens is 2. The van der Waals surface area contributed by atoms with Crippen LogP contribution in [0.2, 0.25) is 0 Å². The fraction of sp³-hybridized carbons (Fsp3) is 0.0714. The molecule has 1 N–H and O–H groups in total. The molecule has 7 heteroatoms. The minimum Gasteiger partial charge on any atom is -0.478 e. The van der Waals surface area contributed by atoms with Crippen molar-refractivity contribution < 1.29 is 22.7 Å². The first kappa shape index (κ1) is 15.7. The standard InChI is InChI=1S/C14H10BrFO4S/c15-11-7-9(5-6-12(11)16)8-21(19,20)13-4-2-1-3-10(13)14(17)18/h1-7H,8H2,(H,17,18). The highest BCUT2D eigenvalue weighted by atomic mass is 79.9. The van der Waals surface area contributed by atoms with Crippen molar-refractivity contribution in [2.24, 2.45) is 0 Å². The zero-order valence-electron chi connectivity index (χ0n) is 10.6. The Hall–Kier alpha value is -1.73. The van der Waals surface area contributed by atoms with Gasteiger partial charge >= 0.3 is 5.97 Å². The van der Waals surface area contributed by atoms with E-state index < -0.39 is 27.4 Å². The first-order valence-corrected chi connectivity index (χ1v) is 8.25. The predicted molar refractivity (Wildman–Crippen MR) is 78.4 cm³/mol. The van der Waals surface area contributed by atoms with Gasteiger partial charge in [0.05, 0.1) is 20.7 Å². The molecule has 0 radical (unpaired) electrons. The maximum absolute atomic E-state index is 13.2. The van der Waals surface area contributed by atoms with Gasteiger partial charge in [-0.15, -0.1) is 0 Å². The van der Waals surface area contributed by atoms with Gasteiger partial charge in [-0.3, -0.25) is 0 Å². The molecule has 2 aromatic rings. The second-order valence-corrected chi connectivity index (χ2v) is 7.12. The van der Waals surface area contributed by atoms with Crippen LogP contribution in [0, 0.1) is 5.82 Å². The van der Waals surface area contributed by atoms with Crippen LogP contribution in [-0.4, -0.2) is 19.5 Å². The third-order valence-corrected chi connectivity index (χ3v) is 5.14. The molecule has 0 amide bonds. The Morgan fingerprint density at radius 2 is 1.86 bits per heavy atom. The van der Waals surface area contributed by atoms with Crippen molar-refractivity contribution in [2.45, 2.75) is 10.6 Å². The normalized spacial score (nSPS) is 11.3. The Morgan fingerprint density at radius 1 is 1.19 bits per heavy atom. The van der Waals surface area contributed by atoms with Crippen LogP contribution in [0.3, 0.4) is 0 Å². The molecule has 0 unspecified atom stereocenters. The molecule has 2 rings (SSSR count). The lowest BCUT2D eigenvalue weighted by atomic mass is 10.2. The van der Waals surface area contributed by atoms with Gasteiger partial charge in [0.25, 0.3) is 0 Å². The molecule has 0 atom stereocenters. The van der Waals surface area contributed by atoms with Crippen LogP contribution in [0.4, 0.5) is 4.39 Å².